The second-order valence-corrected chi connectivity index (χ2v) is 15.0. The number of H-pyrrole nitrogens is 1. The minimum absolute atomic E-state index is 0.0769. The summed E-state index contributed by atoms with van der Waals surface area (Å²) in [5.74, 6) is -3.17. The van der Waals surface area contributed by atoms with Gasteiger partial charge < -0.3 is 15.0 Å². The Kier molecular flexibility index (Phi) is 7.33. The lowest BCUT2D eigenvalue weighted by atomic mass is 9.68. The minimum Gasteiger partial charge on any atom is -0.483 e. The van der Waals surface area contributed by atoms with Crippen molar-refractivity contribution in [3.8, 4) is 5.75 Å². The summed E-state index contributed by atoms with van der Waals surface area (Å²) in [6, 6.07) is 19.1. The van der Waals surface area contributed by atoms with Gasteiger partial charge in [0, 0.05) is 27.3 Å². The number of ether oxygens (including phenoxy) is 1. The third-order valence-corrected chi connectivity index (χ3v) is 12.7. The average Bonchev–Trinajstić information content (AvgIpc) is 3.79. The molecule has 3 aromatic carbocycles. The van der Waals surface area contributed by atoms with E-state index in [0.29, 0.717) is 22.9 Å². The van der Waals surface area contributed by atoms with Gasteiger partial charge in [-0.3, -0.25) is 24.1 Å². The van der Waals surface area contributed by atoms with Crippen LogP contribution in [-0.4, -0.2) is 34.6 Å². The molecule has 1 saturated heterocycles. The molecule has 48 heavy (non-hydrogen) atoms. The molecule has 3 amide bonds. The first-order valence-corrected chi connectivity index (χ1v) is 17.2. The van der Waals surface area contributed by atoms with Gasteiger partial charge in [0.2, 0.25) is 11.8 Å². The summed E-state index contributed by atoms with van der Waals surface area (Å²) in [7, 11) is 0. The van der Waals surface area contributed by atoms with Crippen LogP contribution < -0.4 is 19.8 Å². The number of thiazole rings is 1. The Morgan fingerprint density at radius 3 is 2.46 bits per heavy atom. The van der Waals surface area contributed by atoms with Gasteiger partial charge in [-0.05, 0) is 67.5 Å². The Balaban J connectivity index is 1.12. The van der Waals surface area contributed by atoms with E-state index < -0.39 is 35.4 Å². The molecule has 8 rings (SSSR count). The molecule has 6 unspecified atom stereocenters. The zero-order valence-corrected chi connectivity index (χ0v) is 27.0. The molecule has 2 bridgehead atoms. The molecule has 7 atom stereocenters. The Morgan fingerprint density at radius 1 is 0.979 bits per heavy atom. The SMILES string of the molecule is Cc1ccc(NC(=O)COc2ccccc2[C@H]2c3sc(=O)[nH]c3SC3C4CC(C5C(=O)N(c6cccc(C(F)(F)F)c6)C(=O)C45)C32)cc1. The number of hydrogen-bond donors (Lipinski definition) is 2. The number of benzene rings is 3. The van der Waals surface area contributed by atoms with E-state index in [9.17, 15) is 32.3 Å². The molecule has 2 aliphatic heterocycles. The number of aromatic nitrogens is 1. The number of imide groups is 1. The van der Waals surface area contributed by atoms with Gasteiger partial charge in [0.15, 0.2) is 6.61 Å². The summed E-state index contributed by atoms with van der Waals surface area (Å²) in [6.07, 6.45) is -4.01. The van der Waals surface area contributed by atoms with E-state index >= 15 is 0 Å². The minimum atomic E-state index is -4.62. The molecule has 8 nitrogen and oxygen atoms in total. The number of amides is 3. The number of fused-ring (bicyclic) bond motifs is 9. The summed E-state index contributed by atoms with van der Waals surface area (Å²) < 4.78 is 46.7. The Morgan fingerprint density at radius 2 is 1.71 bits per heavy atom. The van der Waals surface area contributed by atoms with Gasteiger partial charge in [-0.2, -0.15) is 13.2 Å². The van der Waals surface area contributed by atoms with Crippen molar-refractivity contribution in [3.05, 3.63) is 104 Å². The number of hydrogen-bond acceptors (Lipinski definition) is 7. The molecule has 2 saturated carbocycles. The fraction of sp³-hybridized carbons (Fsp3) is 0.314. The van der Waals surface area contributed by atoms with Crippen LogP contribution in [-0.2, 0) is 20.6 Å². The predicted molar refractivity (Wildman–Crippen MR) is 174 cm³/mol. The topological polar surface area (TPSA) is 109 Å². The van der Waals surface area contributed by atoms with Gasteiger partial charge in [-0.15, -0.1) is 11.8 Å². The zero-order valence-electron chi connectivity index (χ0n) is 25.3. The lowest BCUT2D eigenvalue weighted by Gasteiger charge is -2.43. The van der Waals surface area contributed by atoms with Crippen molar-refractivity contribution < 1.29 is 32.3 Å². The summed E-state index contributed by atoms with van der Waals surface area (Å²) in [4.78, 5) is 57.9. The van der Waals surface area contributed by atoms with Crippen LogP contribution in [0, 0.1) is 36.5 Å². The van der Waals surface area contributed by atoms with Crippen LogP contribution in [0.1, 0.15) is 33.9 Å². The van der Waals surface area contributed by atoms with Crippen LogP contribution in [0.25, 0.3) is 0 Å². The van der Waals surface area contributed by atoms with E-state index in [1.165, 1.54) is 23.9 Å². The van der Waals surface area contributed by atoms with Gasteiger partial charge in [0.25, 0.3) is 5.91 Å². The number of anilines is 2. The molecule has 1 aromatic heterocycles. The largest absolute Gasteiger partial charge is 0.483 e. The summed E-state index contributed by atoms with van der Waals surface area (Å²) >= 11 is 2.61. The maximum atomic E-state index is 14.0. The zero-order chi connectivity index (χ0) is 33.5. The number of carbonyl (C=O) groups excluding carboxylic acids is 3. The summed E-state index contributed by atoms with van der Waals surface area (Å²) in [6.45, 7) is 1.70. The number of thioether (sulfide) groups is 1. The van der Waals surface area contributed by atoms with Gasteiger partial charge in [-0.25, -0.2) is 0 Å². The molecule has 0 spiro atoms. The lowest BCUT2D eigenvalue weighted by Crippen LogP contribution is -2.42. The number of nitrogens with zero attached hydrogens (tertiary/aromatic N) is 1. The number of rotatable bonds is 6. The highest BCUT2D eigenvalue weighted by Crippen LogP contribution is 2.69. The van der Waals surface area contributed by atoms with Gasteiger partial charge in [-0.1, -0.05) is 53.3 Å². The average molecular weight is 692 g/mol. The first-order valence-electron chi connectivity index (χ1n) is 15.5. The van der Waals surface area contributed by atoms with Crippen LogP contribution in [0.3, 0.4) is 0 Å². The summed E-state index contributed by atoms with van der Waals surface area (Å²) in [5.41, 5.74) is 1.47. The molecule has 2 aliphatic carbocycles. The highest BCUT2D eigenvalue weighted by molar-refractivity contribution is 8.00. The standard InChI is InChI=1S/C35H28F3N3O5S2/c1-16-9-11-18(12-10-16)39-24(42)15-46-23-8-3-2-7-20(23)25-26-21-14-22(29(26)47-31-30(25)48-34(45)40-31)28-27(21)32(43)41(33(28)44)19-6-4-5-17(13-19)35(36,37)38/h2-13,21-22,25-29H,14-15H2,1H3,(H,39,42)(H,40,45)/t21?,22?,25-,26?,27?,28?,29?/m1/s1. The van der Waals surface area contributed by atoms with Crippen LogP contribution in [0.15, 0.2) is 82.6 Å². The van der Waals surface area contributed by atoms with E-state index in [2.05, 4.69) is 10.3 Å². The van der Waals surface area contributed by atoms with Crippen molar-refractivity contribution in [2.45, 2.75) is 35.7 Å². The number of nitrogens with one attached hydrogen (secondary N) is 2. The van der Waals surface area contributed by atoms with Crippen LogP contribution in [0.2, 0.25) is 0 Å². The Labute approximate surface area is 280 Å². The fourth-order valence-corrected chi connectivity index (χ4v) is 11.2. The van der Waals surface area contributed by atoms with E-state index in [1.54, 1.807) is 12.1 Å². The van der Waals surface area contributed by atoms with Crippen molar-refractivity contribution in [2.24, 2.45) is 29.6 Å². The molecule has 3 heterocycles. The molecule has 0 radical (unpaired) electrons. The van der Waals surface area contributed by atoms with Crippen molar-refractivity contribution in [1.29, 1.82) is 0 Å². The normalized spacial score (nSPS) is 27.1. The van der Waals surface area contributed by atoms with E-state index in [4.69, 9.17) is 4.74 Å². The molecule has 2 N–H and O–H groups in total. The van der Waals surface area contributed by atoms with Gasteiger partial charge in [0.05, 0.1) is 28.1 Å². The van der Waals surface area contributed by atoms with Crippen molar-refractivity contribution in [3.63, 3.8) is 0 Å². The Bertz CT molecular complexity index is 2030. The lowest BCUT2D eigenvalue weighted by molar-refractivity contribution is -0.137. The molecular weight excluding hydrogens is 664 g/mol. The third-order valence-electron chi connectivity index (χ3n) is 10.1. The van der Waals surface area contributed by atoms with Crippen molar-refractivity contribution in [1.82, 2.24) is 4.98 Å². The first-order chi connectivity index (χ1) is 23.0. The monoisotopic (exact) mass is 691 g/mol. The molecule has 4 aliphatic rings. The number of alkyl halides is 3. The van der Waals surface area contributed by atoms with Crippen LogP contribution in [0.4, 0.5) is 24.5 Å². The van der Waals surface area contributed by atoms with Crippen molar-refractivity contribution >= 4 is 52.2 Å². The van der Waals surface area contributed by atoms with Crippen LogP contribution >= 0.6 is 23.1 Å². The molecule has 4 aromatic rings. The van der Waals surface area contributed by atoms with Gasteiger partial charge >= 0.3 is 11.0 Å². The third kappa shape index (κ3) is 4.97. The first kappa shape index (κ1) is 30.9. The number of aryl methyl sites for hydroxylation is 1. The fourth-order valence-electron chi connectivity index (χ4n) is 8.29. The predicted octanol–water partition coefficient (Wildman–Crippen LogP) is 6.46. The molecule has 246 valence electrons. The highest BCUT2D eigenvalue weighted by Gasteiger charge is 2.70. The summed E-state index contributed by atoms with van der Waals surface area (Å²) in [5, 5.41) is 3.41. The van der Waals surface area contributed by atoms with E-state index in [0.717, 1.165) is 44.4 Å². The maximum Gasteiger partial charge on any atom is 0.416 e. The number of para-hydroxylation sites is 1. The second kappa shape index (κ2) is 11.4. The quantitative estimate of drug-likeness (QED) is 0.225. The van der Waals surface area contributed by atoms with E-state index in [-0.39, 0.29) is 52.0 Å². The maximum absolute atomic E-state index is 14.0. The number of aromatic amines is 1. The second-order valence-electron chi connectivity index (χ2n) is 12.8. The Hall–Kier alpha value is -4.36. The molecular formula is C35H28F3N3O5S2. The number of halogens is 3. The molecule has 3 fully saturated rings. The van der Waals surface area contributed by atoms with Gasteiger partial charge in [0.1, 0.15) is 5.75 Å². The molecule has 13 heteroatoms. The number of carbonyl (C=O) groups is 3. The van der Waals surface area contributed by atoms with Crippen LogP contribution in [0.5, 0.6) is 5.75 Å². The van der Waals surface area contributed by atoms with E-state index in [1.807, 2.05) is 43.3 Å². The highest BCUT2D eigenvalue weighted by atomic mass is 32.2. The smallest absolute Gasteiger partial charge is 0.416 e. The van der Waals surface area contributed by atoms with Crippen molar-refractivity contribution in [2.75, 3.05) is 16.8 Å².